The summed E-state index contributed by atoms with van der Waals surface area (Å²) in [5.74, 6) is 0.679. The Bertz CT molecular complexity index is 535. The van der Waals surface area contributed by atoms with Crippen LogP contribution < -0.4 is 5.43 Å². The van der Waals surface area contributed by atoms with Gasteiger partial charge in [-0.2, -0.15) is 5.10 Å². The highest BCUT2D eigenvalue weighted by molar-refractivity contribution is 6.41. The molecule has 4 heteroatoms. The predicted octanol–water partition coefficient (Wildman–Crippen LogP) is 3.76. The summed E-state index contributed by atoms with van der Waals surface area (Å²) in [7, 11) is 0. The third-order valence-corrected chi connectivity index (χ3v) is 2.34. The van der Waals surface area contributed by atoms with Gasteiger partial charge in [0.2, 0.25) is 0 Å². The van der Waals surface area contributed by atoms with Crippen molar-refractivity contribution in [3.63, 3.8) is 0 Å². The minimum atomic E-state index is 0.546. The van der Waals surface area contributed by atoms with Gasteiger partial charge in [-0.1, -0.05) is 48.0 Å². The molecule has 1 N–H and O–H groups in total. The first-order valence-corrected chi connectivity index (χ1v) is 5.85. The van der Waals surface area contributed by atoms with E-state index in [1.807, 2.05) is 54.6 Å². The molecule has 3 nitrogen and oxygen atoms in total. The second-order valence-electron chi connectivity index (χ2n) is 3.52. The highest BCUT2D eigenvalue weighted by atomic mass is 35.5. The summed E-state index contributed by atoms with van der Waals surface area (Å²) in [5, 5.41) is 4.55. The standard InChI is InChI=1S/C14H12ClN3/c15-13(10-12-6-2-1-3-7-12)11-17-18-14-8-4-5-9-16-14/h1-11H,(H,16,18). The van der Waals surface area contributed by atoms with E-state index < -0.39 is 0 Å². The molecule has 0 aliphatic heterocycles. The molecule has 18 heavy (non-hydrogen) atoms. The number of hydrogen-bond acceptors (Lipinski definition) is 3. The summed E-state index contributed by atoms with van der Waals surface area (Å²) < 4.78 is 0. The molecule has 0 aliphatic carbocycles. The van der Waals surface area contributed by atoms with Crippen molar-refractivity contribution in [2.75, 3.05) is 5.43 Å². The SMILES string of the molecule is ClC(C=NNc1ccccn1)=Cc1ccccc1. The number of nitrogens with one attached hydrogen (secondary N) is 1. The van der Waals surface area contributed by atoms with Gasteiger partial charge in [-0.25, -0.2) is 4.98 Å². The monoisotopic (exact) mass is 257 g/mol. The van der Waals surface area contributed by atoms with Gasteiger partial charge in [0.15, 0.2) is 0 Å². The molecule has 0 unspecified atom stereocenters. The Morgan fingerprint density at radius 3 is 2.61 bits per heavy atom. The molecule has 0 saturated heterocycles. The van der Waals surface area contributed by atoms with Crippen molar-refractivity contribution in [3.8, 4) is 0 Å². The van der Waals surface area contributed by atoms with Crippen molar-refractivity contribution in [1.82, 2.24) is 4.98 Å². The van der Waals surface area contributed by atoms with Crippen LogP contribution in [0.1, 0.15) is 5.56 Å². The maximum atomic E-state index is 6.03. The minimum absolute atomic E-state index is 0.546. The first kappa shape index (κ1) is 12.3. The molecule has 0 atom stereocenters. The molecule has 90 valence electrons. The van der Waals surface area contributed by atoms with Gasteiger partial charge in [-0.15, -0.1) is 0 Å². The van der Waals surface area contributed by atoms with Gasteiger partial charge in [0.25, 0.3) is 0 Å². The summed E-state index contributed by atoms with van der Waals surface area (Å²) in [6.45, 7) is 0. The van der Waals surface area contributed by atoms with Gasteiger partial charge in [-0.05, 0) is 23.8 Å². The number of halogens is 1. The maximum absolute atomic E-state index is 6.03. The number of nitrogens with zero attached hydrogens (tertiary/aromatic N) is 2. The van der Waals surface area contributed by atoms with Crippen molar-refractivity contribution in [3.05, 3.63) is 65.3 Å². The third-order valence-electron chi connectivity index (χ3n) is 2.14. The lowest BCUT2D eigenvalue weighted by atomic mass is 10.2. The summed E-state index contributed by atoms with van der Waals surface area (Å²) in [6, 6.07) is 15.4. The molecule has 0 bridgehead atoms. The van der Waals surface area contributed by atoms with Crippen molar-refractivity contribution in [2.24, 2.45) is 5.10 Å². The van der Waals surface area contributed by atoms with Crippen LogP contribution in [-0.2, 0) is 0 Å². The molecular formula is C14H12ClN3. The second-order valence-corrected chi connectivity index (χ2v) is 3.96. The second kappa shape index (κ2) is 6.57. The summed E-state index contributed by atoms with van der Waals surface area (Å²) in [5.41, 5.74) is 3.83. The van der Waals surface area contributed by atoms with Crippen molar-refractivity contribution in [2.45, 2.75) is 0 Å². The van der Waals surface area contributed by atoms with Crippen molar-refractivity contribution >= 4 is 29.7 Å². The van der Waals surface area contributed by atoms with E-state index in [0.717, 1.165) is 5.56 Å². The summed E-state index contributed by atoms with van der Waals surface area (Å²) in [4.78, 5) is 4.07. The minimum Gasteiger partial charge on any atom is -0.261 e. The topological polar surface area (TPSA) is 37.3 Å². The fourth-order valence-electron chi connectivity index (χ4n) is 1.33. The van der Waals surface area contributed by atoms with E-state index in [9.17, 15) is 0 Å². The Balaban J connectivity index is 1.95. The summed E-state index contributed by atoms with van der Waals surface area (Å²) >= 11 is 6.03. The van der Waals surface area contributed by atoms with E-state index in [0.29, 0.717) is 10.9 Å². The lowest BCUT2D eigenvalue weighted by molar-refractivity contribution is 1.23. The zero-order valence-electron chi connectivity index (χ0n) is 9.62. The largest absolute Gasteiger partial charge is 0.261 e. The van der Waals surface area contributed by atoms with Crippen LogP contribution in [0.3, 0.4) is 0 Å². The number of allylic oxidation sites excluding steroid dienone is 1. The molecule has 0 radical (unpaired) electrons. The van der Waals surface area contributed by atoms with E-state index in [-0.39, 0.29) is 0 Å². The third kappa shape index (κ3) is 4.03. The van der Waals surface area contributed by atoms with E-state index >= 15 is 0 Å². The molecule has 0 spiro atoms. The molecule has 0 amide bonds. The lowest BCUT2D eigenvalue weighted by Gasteiger charge is -1.97. The first-order valence-electron chi connectivity index (χ1n) is 5.47. The molecule has 2 aromatic rings. The molecule has 0 fully saturated rings. The number of anilines is 1. The average molecular weight is 258 g/mol. The Labute approximate surface area is 111 Å². The van der Waals surface area contributed by atoms with Gasteiger partial charge < -0.3 is 0 Å². The zero-order chi connectivity index (χ0) is 12.6. The molecule has 1 aromatic heterocycles. The Morgan fingerprint density at radius 2 is 1.89 bits per heavy atom. The molecule has 2 rings (SSSR count). The molecule has 0 saturated carbocycles. The van der Waals surface area contributed by atoms with Crippen LogP contribution in [-0.4, -0.2) is 11.2 Å². The normalized spacial score (nSPS) is 11.7. The van der Waals surface area contributed by atoms with Gasteiger partial charge in [-0.3, -0.25) is 5.43 Å². The molecule has 1 heterocycles. The zero-order valence-corrected chi connectivity index (χ0v) is 10.4. The molecular weight excluding hydrogens is 246 g/mol. The first-order chi connectivity index (χ1) is 8.84. The lowest BCUT2D eigenvalue weighted by Crippen LogP contribution is -1.91. The van der Waals surface area contributed by atoms with Crippen LogP contribution in [0.5, 0.6) is 0 Å². The molecule has 1 aromatic carbocycles. The van der Waals surface area contributed by atoms with Gasteiger partial charge in [0.05, 0.1) is 11.2 Å². The predicted molar refractivity (Wildman–Crippen MR) is 76.6 cm³/mol. The highest BCUT2D eigenvalue weighted by Gasteiger charge is 1.90. The Morgan fingerprint density at radius 1 is 1.11 bits per heavy atom. The van der Waals surface area contributed by atoms with Gasteiger partial charge in [0.1, 0.15) is 5.82 Å². The number of hydrazone groups is 1. The van der Waals surface area contributed by atoms with Crippen molar-refractivity contribution in [1.29, 1.82) is 0 Å². The van der Waals surface area contributed by atoms with Crippen LogP contribution in [0, 0.1) is 0 Å². The van der Waals surface area contributed by atoms with E-state index in [2.05, 4.69) is 15.5 Å². The smallest absolute Gasteiger partial charge is 0.146 e. The van der Waals surface area contributed by atoms with Gasteiger partial charge in [0, 0.05) is 6.20 Å². The van der Waals surface area contributed by atoms with E-state index in [1.54, 1.807) is 12.4 Å². The van der Waals surface area contributed by atoms with Crippen LogP contribution in [0.15, 0.2) is 64.9 Å². The number of pyridine rings is 1. The van der Waals surface area contributed by atoms with Gasteiger partial charge >= 0.3 is 0 Å². The average Bonchev–Trinajstić information content (AvgIpc) is 2.41. The quantitative estimate of drug-likeness (QED) is 0.669. The maximum Gasteiger partial charge on any atom is 0.146 e. The van der Waals surface area contributed by atoms with E-state index in [1.165, 1.54) is 0 Å². The Hall–Kier alpha value is -2.13. The van der Waals surface area contributed by atoms with Crippen LogP contribution in [0.2, 0.25) is 0 Å². The number of rotatable bonds is 4. The summed E-state index contributed by atoms with van der Waals surface area (Å²) in [6.07, 6.45) is 5.08. The molecule has 0 aliphatic rings. The fourth-order valence-corrected chi connectivity index (χ4v) is 1.51. The van der Waals surface area contributed by atoms with Crippen LogP contribution >= 0.6 is 11.6 Å². The Kier molecular flexibility index (Phi) is 4.50. The number of hydrogen-bond donors (Lipinski definition) is 1. The highest BCUT2D eigenvalue weighted by Crippen LogP contribution is 2.08. The van der Waals surface area contributed by atoms with E-state index in [4.69, 9.17) is 11.6 Å². The number of aromatic nitrogens is 1. The van der Waals surface area contributed by atoms with Crippen LogP contribution in [0.4, 0.5) is 5.82 Å². The van der Waals surface area contributed by atoms with Crippen molar-refractivity contribution < 1.29 is 0 Å². The fraction of sp³-hybridized carbons (Fsp3) is 0. The van der Waals surface area contributed by atoms with Crippen LogP contribution in [0.25, 0.3) is 6.08 Å². The number of benzene rings is 1.